The Morgan fingerprint density at radius 2 is 2.04 bits per heavy atom. The summed E-state index contributed by atoms with van der Waals surface area (Å²) in [5, 5.41) is 3.18. The molecule has 1 aromatic carbocycles. The summed E-state index contributed by atoms with van der Waals surface area (Å²) in [5.41, 5.74) is 2.51. The highest BCUT2D eigenvalue weighted by Crippen LogP contribution is 2.29. The maximum atomic E-state index is 13.9. The topological polar surface area (TPSA) is 46.4 Å². The molecule has 2 heterocycles. The first-order chi connectivity index (χ1) is 13.2. The third-order valence-corrected chi connectivity index (χ3v) is 5.41. The van der Waals surface area contributed by atoms with E-state index < -0.39 is 0 Å². The van der Waals surface area contributed by atoms with Crippen LogP contribution in [0.25, 0.3) is 5.65 Å². The minimum Gasteiger partial charge on any atom is -0.353 e. The van der Waals surface area contributed by atoms with Gasteiger partial charge in [-0.2, -0.15) is 0 Å². The molecule has 0 aliphatic heterocycles. The second-order valence-corrected chi connectivity index (χ2v) is 7.33. The van der Waals surface area contributed by atoms with Crippen LogP contribution in [0.1, 0.15) is 55.7 Å². The van der Waals surface area contributed by atoms with Crippen LogP contribution in [0.4, 0.5) is 4.39 Å². The van der Waals surface area contributed by atoms with Crippen LogP contribution in [-0.4, -0.2) is 21.3 Å². The van der Waals surface area contributed by atoms with E-state index in [1.165, 1.54) is 31.4 Å². The highest BCUT2D eigenvalue weighted by Gasteiger charge is 2.24. The normalized spacial score (nSPS) is 16.3. The Balaban J connectivity index is 1.63. The van der Waals surface area contributed by atoms with Crippen LogP contribution in [0.2, 0.25) is 0 Å². The predicted octanol–water partition coefficient (Wildman–Crippen LogP) is 4.44. The van der Waals surface area contributed by atoms with E-state index in [9.17, 15) is 9.18 Å². The van der Waals surface area contributed by atoms with Crippen molar-refractivity contribution in [2.24, 2.45) is 0 Å². The number of hydrogen-bond donors (Lipinski definition) is 1. The molecule has 4 nitrogen and oxygen atoms in total. The Morgan fingerprint density at radius 3 is 2.85 bits per heavy atom. The summed E-state index contributed by atoms with van der Waals surface area (Å²) in [6.07, 6.45) is 9.69. The van der Waals surface area contributed by atoms with Crippen molar-refractivity contribution < 1.29 is 9.18 Å². The first-order valence-corrected chi connectivity index (χ1v) is 9.67. The molecule has 1 aliphatic carbocycles. The lowest BCUT2D eigenvalue weighted by atomic mass is 9.91. The predicted molar refractivity (Wildman–Crippen MR) is 103 cm³/mol. The molecule has 1 aliphatic rings. The van der Waals surface area contributed by atoms with Crippen LogP contribution in [0.15, 0.2) is 54.9 Å². The molecule has 2 aromatic heterocycles. The summed E-state index contributed by atoms with van der Waals surface area (Å²) >= 11 is 0. The third-order valence-electron chi connectivity index (χ3n) is 5.41. The maximum Gasteiger partial charge on any atom is 0.221 e. The van der Waals surface area contributed by atoms with Crippen molar-refractivity contribution in [2.75, 3.05) is 0 Å². The number of benzene rings is 1. The molecule has 3 aromatic rings. The average Bonchev–Trinajstić information content (AvgIpc) is 3.11. The van der Waals surface area contributed by atoms with Crippen LogP contribution in [0, 0.1) is 5.82 Å². The zero-order valence-electron chi connectivity index (χ0n) is 15.3. The van der Waals surface area contributed by atoms with Crippen molar-refractivity contribution in [3.8, 4) is 0 Å². The molecule has 0 saturated heterocycles. The smallest absolute Gasteiger partial charge is 0.221 e. The van der Waals surface area contributed by atoms with Gasteiger partial charge >= 0.3 is 0 Å². The summed E-state index contributed by atoms with van der Waals surface area (Å²) < 4.78 is 15.8. The van der Waals surface area contributed by atoms with Crippen molar-refractivity contribution in [1.29, 1.82) is 0 Å². The molecule has 4 rings (SSSR count). The highest BCUT2D eigenvalue weighted by molar-refractivity contribution is 5.78. The number of nitrogens with zero attached hydrogens (tertiary/aromatic N) is 2. The van der Waals surface area contributed by atoms with Gasteiger partial charge in [-0.25, -0.2) is 9.37 Å². The number of nitrogens with one attached hydrogen (secondary N) is 1. The number of rotatable bonds is 5. The Bertz CT molecular complexity index is 930. The molecule has 1 N–H and O–H groups in total. The van der Waals surface area contributed by atoms with Crippen LogP contribution in [0.5, 0.6) is 0 Å². The van der Waals surface area contributed by atoms with Gasteiger partial charge in [-0.3, -0.25) is 4.79 Å². The van der Waals surface area contributed by atoms with E-state index in [1.54, 1.807) is 12.3 Å². The number of pyridine rings is 1. The zero-order valence-corrected chi connectivity index (χ0v) is 15.3. The quantitative estimate of drug-likeness (QED) is 0.726. The van der Waals surface area contributed by atoms with Gasteiger partial charge in [0, 0.05) is 30.8 Å². The minimum absolute atomic E-state index is 0.0158. The average molecular weight is 365 g/mol. The maximum absolute atomic E-state index is 13.9. The van der Waals surface area contributed by atoms with Gasteiger partial charge in [-0.05, 0) is 42.7 Å². The fraction of sp³-hybridized carbons (Fsp3) is 0.364. The van der Waals surface area contributed by atoms with Crippen molar-refractivity contribution in [2.45, 2.75) is 50.5 Å². The molecular formula is C22H24FN3O. The van der Waals surface area contributed by atoms with Crippen molar-refractivity contribution >= 4 is 11.6 Å². The second-order valence-electron chi connectivity index (χ2n) is 7.33. The van der Waals surface area contributed by atoms with E-state index in [4.69, 9.17) is 0 Å². The molecule has 5 heteroatoms. The molecule has 27 heavy (non-hydrogen) atoms. The van der Waals surface area contributed by atoms with Crippen molar-refractivity contribution in [3.63, 3.8) is 0 Å². The number of amides is 1. The molecule has 0 unspecified atom stereocenters. The minimum atomic E-state index is -0.293. The third kappa shape index (κ3) is 4.02. The van der Waals surface area contributed by atoms with Gasteiger partial charge in [0.15, 0.2) is 0 Å². The summed E-state index contributed by atoms with van der Waals surface area (Å²) in [6.45, 7) is 0. The summed E-state index contributed by atoms with van der Waals surface area (Å²) in [5.74, 6) is -0.525. The van der Waals surface area contributed by atoms with Gasteiger partial charge in [0.25, 0.3) is 0 Å². The van der Waals surface area contributed by atoms with E-state index in [2.05, 4.69) is 10.3 Å². The van der Waals surface area contributed by atoms with Crippen LogP contribution in [0.3, 0.4) is 0 Å². The standard InChI is InChI=1S/C22H24FN3O/c23-17-8-6-7-16(13-17)19(14-22(27)25-18-9-2-1-3-10-18)20-15-24-21-11-4-5-12-26(20)21/h4-8,11-13,15,18-19H,1-3,9-10,14H2,(H,25,27)/t19-/m1/s1. The van der Waals surface area contributed by atoms with E-state index in [0.717, 1.165) is 29.7 Å². The van der Waals surface area contributed by atoms with Crippen LogP contribution >= 0.6 is 0 Å². The molecule has 0 spiro atoms. The SMILES string of the molecule is O=C(C[C@H](c1cccc(F)c1)c1cnc2ccccn12)NC1CCCCC1. The highest BCUT2D eigenvalue weighted by atomic mass is 19.1. The van der Waals surface area contributed by atoms with E-state index in [1.807, 2.05) is 34.9 Å². The fourth-order valence-electron chi connectivity index (χ4n) is 4.05. The number of carbonyl (C=O) groups is 1. The number of aromatic nitrogens is 2. The van der Waals surface area contributed by atoms with Gasteiger partial charge in [-0.1, -0.05) is 37.5 Å². The Labute approximate surface area is 158 Å². The summed E-state index contributed by atoms with van der Waals surface area (Å²) in [6, 6.07) is 12.6. The molecular weight excluding hydrogens is 341 g/mol. The number of imidazole rings is 1. The largest absolute Gasteiger partial charge is 0.353 e. The van der Waals surface area contributed by atoms with Crippen LogP contribution < -0.4 is 5.32 Å². The summed E-state index contributed by atoms with van der Waals surface area (Å²) in [7, 11) is 0. The molecule has 1 fully saturated rings. The van der Waals surface area contributed by atoms with E-state index in [0.29, 0.717) is 0 Å². The second kappa shape index (κ2) is 7.91. The summed E-state index contributed by atoms with van der Waals surface area (Å²) in [4.78, 5) is 17.2. The number of fused-ring (bicyclic) bond motifs is 1. The Hall–Kier alpha value is -2.69. The van der Waals surface area contributed by atoms with Gasteiger partial charge in [0.1, 0.15) is 11.5 Å². The van der Waals surface area contributed by atoms with Gasteiger partial charge < -0.3 is 9.72 Å². The molecule has 140 valence electrons. The van der Waals surface area contributed by atoms with Crippen LogP contribution in [-0.2, 0) is 4.79 Å². The van der Waals surface area contributed by atoms with Crippen molar-refractivity contribution in [1.82, 2.24) is 14.7 Å². The molecule has 0 bridgehead atoms. The van der Waals surface area contributed by atoms with Crippen molar-refractivity contribution in [3.05, 3.63) is 71.9 Å². The Kier molecular flexibility index (Phi) is 5.19. The first-order valence-electron chi connectivity index (χ1n) is 9.67. The lowest BCUT2D eigenvalue weighted by molar-refractivity contribution is -0.122. The number of carbonyl (C=O) groups excluding carboxylic acids is 1. The van der Waals surface area contributed by atoms with Gasteiger partial charge in [-0.15, -0.1) is 0 Å². The zero-order chi connectivity index (χ0) is 18.6. The lowest BCUT2D eigenvalue weighted by Crippen LogP contribution is -2.37. The lowest BCUT2D eigenvalue weighted by Gasteiger charge is -2.24. The fourth-order valence-corrected chi connectivity index (χ4v) is 4.05. The molecule has 0 radical (unpaired) electrons. The molecule has 1 saturated carbocycles. The monoisotopic (exact) mass is 365 g/mol. The number of halogens is 1. The first kappa shape index (κ1) is 17.7. The van der Waals surface area contributed by atoms with Gasteiger partial charge in [0.05, 0.1) is 5.69 Å². The number of hydrogen-bond acceptors (Lipinski definition) is 2. The molecule has 1 atom stereocenters. The van der Waals surface area contributed by atoms with Gasteiger partial charge in [0.2, 0.25) is 5.91 Å². The Morgan fingerprint density at radius 1 is 1.19 bits per heavy atom. The van der Waals surface area contributed by atoms with E-state index in [-0.39, 0.29) is 30.1 Å². The van der Waals surface area contributed by atoms with E-state index >= 15 is 0 Å². The molecule has 1 amide bonds.